The second-order valence-electron chi connectivity index (χ2n) is 5.49. The lowest BCUT2D eigenvalue weighted by Gasteiger charge is -2.21. The maximum absolute atomic E-state index is 11.6. The van der Waals surface area contributed by atoms with E-state index in [2.05, 4.69) is 12.2 Å². The number of nitrogens with zero attached hydrogens (tertiary/aromatic N) is 1. The van der Waals surface area contributed by atoms with Gasteiger partial charge < -0.3 is 15.5 Å². The molecular weight excluding hydrogens is 272 g/mol. The standard InChI is InChI=1S/C15H30N2O4/c1-3-4-5-6-7-8-14(19)16-9-10-17(11-13(2)18)12-15(20)21/h13,18H,3-12H2,1-2H3,(H,16,19)(H,20,21). The average molecular weight is 302 g/mol. The first-order chi connectivity index (χ1) is 9.95. The second-order valence-corrected chi connectivity index (χ2v) is 5.49. The van der Waals surface area contributed by atoms with Crippen LogP contribution in [-0.2, 0) is 9.59 Å². The van der Waals surface area contributed by atoms with Gasteiger partial charge in [0.2, 0.25) is 5.91 Å². The molecule has 0 rings (SSSR count). The lowest BCUT2D eigenvalue weighted by Crippen LogP contribution is -2.40. The minimum atomic E-state index is -0.932. The van der Waals surface area contributed by atoms with E-state index in [0.717, 1.165) is 12.8 Å². The number of nitrogens with one attached hydrogen (secondary N) is 1. The van der Waals surface area contributed by atoms with Gasteiger partial charge in [-0.05, 0) is 13.3 Å². The molecule has 0 aliphatic carbocycles. The molecule has 0 fully saturated rings. The number of unbranched alkanes of at least 4 members (excludes halogenated alkanes) is 4. The van der Waals surface area contributed by atoms with Crippen LogP contribution in [0, 0.1) is 0 Å². The predicted molar refractivity (Wildman–Crippen MR) is 82.1 cm³/mol. The highest BCUT2D eigenvalue weighted by Gasteiger charge is 2.12. The molecule has 1 unspecified atom stereocenters. The van der Waals surface area contributed by atoms with Crippen LogP contribution in [0.15, 0.2) is 0 Å². The van der Waals surface area contributed by atoms with Crippen molar-refractivity contribution in [1.29, 1.82) is 0 Å². The minimum absolute atomic E-state index is 0.0128. The van der Waals surface area contributed by atoms with E-state index in [1.54, 1.807) is 11.8 Å². The van der Waals surface area contributed by atoms with Crippen LogP contribution in [0.2, 0.25) is 0 Å². The molecule has 0 bridgehead atoms. The fraction of sp³-hybridized carbons (Fsp3) is 0.867. The fourth-order valence-electron chi connectivity index (χ4n) is 2.13. The van der Waals surface area contributed by atoms with Gasteiger partial charge in [-0.25, -0.2) is 0 Å². The van der Waals surface area contributed by atoms with Crippen molar-refractivity contribution in [3.05, 3.63) is 0 Å². The number of rotatable bonds is 13. The molecule has 0 spiro atoms. The SMILES string of the molecule is CCCCCCCC(=O)NCCN(CC(=O)O)CC(C)O. The van der Waals surface area contributed by atoms with Crippen LogP contribution in [0.5, 0.6) is 0 Å². The van der Waals surface area contributed by atoms with E-state index in [1.165, 1.54) is 19.3 Å². The Hall–Kier alpha value is -1.14. The number of carboxylic acid groups (broad SMARTS) is 1. The van der Waals surface area contributed by atoms with E-state index in [-0.39, 0.29) is 12.5 Å². The third-order valence-electron chi connectivity index (χ3n) is 3.14. The molecule has 0 aliphatic rings. The van der Waals surface area contributed by atoms with Crippen molar-refractivity contribution in [2.24, 2.45) is 0 Å². The Morgan fingerprint density at radius 1 is 1.19 bits per heavy atom. The van der Waals surface area contributed by atoms with Gasteiger partial charge in [-0.2, -0.15) is 0 Å². The Labute approximate surface area is 127 Å². The number of carbonyl (C=O) groups excluding carboxylic acids is 1. The van der Waals surface area contributed by atoms with Crippen LogP contribution in [-0.4, -0.2) is 59.3 Å². The van der Waals surface area contributed by atoms with Gasteiger partial charge in [0.15, 0.2) is 0 Å². The van der Waals surface area contributed by atoms with E-state index in [4.69, 9.17) is 5.11 Å². The van der Waals surface area contributed by atoms with E-state index in [0.29, 0.717) is 26.1 Å². The van der Waals surface area contributed by atoms with Gasteiger partial charge in [0.25, 0.3) is 0 Å². The van der Waals surface area contributed by atoms with Gasteiger partial charge in [0, 0.05) is 26.1 Å². The number of amides is 1. The fourth-order valence-corrected chi connectivity index (χ4v) is 2.13. The Kier molecular flexibility index (Phi) is 11.9. The summed E-state index contributed by atoms with van der Waals surface area (Å²) in [6, 6.07) is 0. The highest BCUT2D eigenvalue weighted by atomic mass is 16.4. The first-order valence-corrected chi connectivity index (χ1v) is 7.84. The Balaban J connectivity index is 3.76. The summed E-state index contributed by atoms with van der Waals surface area (Å²) in [5.41, 5.74) is 0. The van der Waals surface area contributed by atoms with Crippen LogP contribution >= 0.6 is 0 Å². The zero-order valence-electron chi connectivity index (χ0n) is 13.3. The van der Waals surface area contributed by atoms with Crippen molar-refractivity contribution in [3.63, 3.8) is 0 Å². The van der Waals surface area contributed by atoms with E-state index >= 15 is 0 Å². The van der Waals surface area contributed by atoms with Crippen LogP contribution in [0.1, 0.15) is 52.4 Å². The zero-order valence-corrected chi connectivity index (χ0v) is 13.3. The molecule has 6 heteroatoms. The van der Waals surface area contributed by atoms with Crippen molar-refractivity contribution in [2.75, 3.05) is 26.2 Å². The van der Waals surface area contributed by atoms with Crippen molar-refractivity contribution in [3.8, 4) is 0 Å². The molecule has 0 radical (unpaired) electrons. The Bertz CT molecular complexity index is 295. The van der Waals surface area contributed by atoms with Crippen molar-refractivity contribution >= 4 is 11.9 Å². The largest absolute Gasteiger partial charge is 0.480 e. The molecule has 124 valence electrons. The van der Waals surface area contributed by atoms with Crippen molar-refractivity contribution in [2.45, 2.75) is 58.5 Å². The second kappa shape index (κ2) is 12.6. The lowest BCUT2D eigenvalue weighted by molar-refractivity contribution is -0.138. The number of carboxylic acids is 1. The highest BCUT2D eigenvalue weighted by Crippen LogP contribution is 2.04. The highest BCUT2D eigenvalue weighted by molar-refractivity contribution is 5.75. The lowest BCUT2D eigenvalue weighted by atomic mass is 10.1. The van der Waals surface area contributed by atoms with Gasteiger partial charge in [-0.3, -0.25) is 14.5 Å². The summed E-state index contributed by atoms with van der Waals surface area (Å²) in [5, 5.41) is 20.9. The van der Waals surface area contributed by atoms with Crippen LogP contribution in [0.3, 0.4) is 0 Å². The smallest absolute Gasteiger partial charge is 0.317 e. The summed E-state index contributed by atoms with van der Waals surface area (Å²) in [7, 11) is 0. The maximum atomic E-state index is 11.6. The molecule has 3 N–H and O–H groups in total. The quantitative estimate of drug-likeness (QED) is 0.445. The summed E-state index contributed by atoms with van der Waals surface area (Å²) >= 11 is 0. The third-order valence-corrected chi connectivity index (χ3v) is 3.14. The topological polar surface area (TPSA) is 89.9 Å². The molecule has 1 amide bonds. The monoisotopic (exact) mass is 302 g/mol. The summed E-state index contributed by atoms with van der Waals surface area (Å²) in [6.45, 7) is 4.77. The minimum Gasteiger partial charge on any atom is -0.480 e. The van der Waals surface area contributed by atoms with E-state index < -0.39 is 12.1 Å². The molecule has 0 aromatic rings. The maximum Gasteiger partial charge on any atom is 0.317 e. The Morgan fingerprint density at radius 2 is 1.86 bits per heavy atom. The van der Waals surface area contributed by atoms with Gasteiger partial charge >= 0.3 is 5.97 Å². The van der Waals surface area contributed by atoms with Gasteiger partial charge in [-0.1, -0.05) is 32.6 Å². The molecule has 6 nitrogen and oxygen atoms in total. The number of hydrogen-bond acceptors (Lipinski definition) is 4. The normalized spacial score (nSPS) is 12.4. The third kappa shape index (κ3) is 13.6. The number of aliphatic hydroxyl groups is 1. The first kappa shape index (κ1) is 19.9. The summed E-state index contributed by atoms with van der Waals surface area (Å²) < 4.78 is 0. The Morgan fingerprint density at radius 3 is 2.43 bits per heavy atom. The number of aliphatic carboxylic acids is 1. The number of hydrogen-bond donors (Lipinski definition) is 3. The van der Waals surface area contributed by atoms with Crippen molar-refractivity contribution < 1.29 is 19.8 Å². The van der Waals surface area contributed by atoms with E-state index in [9.17, 15) is 14.7 Å². The number of aliphatic hydroxyl groups excluding tert-OH is 1. The van der Waals surface area contributed by atoms with Crippen LogP contribution in [0.25, 0.3) is 0 Å². The first-order valence-electron chi connectivity index (χ1n) is 7.84. The molecule has 0 aliphatic heterocycles. The summed E-state index contributed by atoms with van der Waals surface area (Å²) in [6.07, 6.45) is 5.50. The number of carbonyl (C=O) groups is 2. The van der Waals surface area contributed by atoms with E-state index in [1.807, 2.05) is 0 Å². The van der Waals surface area contributed by atoms with Crippen LogP contribution in [0.4, 0.5) is 0 Å². The molecule has 0 aromatic carbocycles. The summed E-state index contributed by atoms with van der Waals surface area (Å²) in [4.78, 5) is 23.9. The molecular formula is C15H30N2O4. The zero-order chi connectivity index (χ0) is 16.1. The van der Waals surface area contributed by atoms with Crippen LogP contribution < -0.4 is 5.32 Å². The molecule has 0 saturated carbocycles. The molecule has 0 saturated heterocycles. The average Bonchev–Trinajstić information content (AvgIpc) is 2.37. The van der Waals surface area contributed by atoms with Crippen molar-refractivity contribution in [1.82, 2.24) is 10.2 Å². The van der Waals surface area contributed by atoms with Gasteiger partial charge in [0.1, 0.15) is 0 Å². The van der Waals surface area contributed by atoms with Gasteiger partial charge in [0.05, 0.1) is 12.6 Å². The molecule has 0 heterocycles. The van der Waals surface area contributed by atoms with Gasteiger partial charge in [-0.15, -0.1) is 0 Å². The molecule has 21 heavy (non-hydrogen) atoms. The summed E-state index contributed by atoms with van der Waals surface area (Å²) in [5.74, 6) is -0.920. The predicted octanol–water partition coefficient (Wildman–Crippen LogP) is 1.23. The molecule has 1 atom stereocenters. The molecule has 0 aromatic heterocycles.